The molecule has 1 heterocycles. The van der Waals surface area contributed by atoms with Crippen LogP contribution in [0.1, 0.15) is 13.3 Å². The second-order valence-electron chi connectivity index (χ2n) is 6.21. The van der Waals surface area contributed by atoms with Crippen molar-refractivity contribution in [3.8, 4) is 5.75 Å². The molecule has 1 aromatic carbocycles. The van der Waals surface area contributed by atoms with Crippen molar-refractivity contribution >= 4 is 29.9 Å². The van der Waals surface area contributed by atoms with E-state index in [1.807, 2.05) is 0 Å². The molecule has 0 aliphatic carbocycles. The van der Waals surface area contributed by atoms with Gasteiger partial charge in [-0.25, -0.2) is 9.38 Å². The Morgan fingerprint density at radius 1 is 1.33 bits per heavy atom. The molecule has 154 valence electrons. The summed E-state index contributed by atoms with van der Waals surface area (Å²) in [6.45, 7) is 7.72. The highest BCUT2D eigenvalue weighted by molar-refractivity contribution is 14.0. The van der Waals surface area contributed by atoms with E-state index in [2.05, 4.69) is 22.1 Å². The summed E-state index contributed by atoms with van der Waals surface area (Å²) in [4.78, 5) is 6.89. The van der Waals surface area contributed by atoms with Gasteiger partial charge >= 0.3 is 0 Å². The number of nitrogens with one attached hydrogen (secondary N) is 1. The number of benzene rings is 1. The van der Waals surface area contributed by atoms with Crippen LogP contribution in [-0.2, 0) is 9.47 Å². The van der Waals surface area contributed by atoms with E-state index in [-0.39, 0.29) is 29.8 Å². The highest BCUT2D eigenvalue weighted by Crippen LogP contribution is 2.17. The van der Waals surface area contributed by atoms with Crippen LogP contribution in [0.2, 0.25) is 0 Å². The van der Waals surface area contributed by atoms with Crippen molar-refractivity contribution in [2.24, 2.45) is 10.9 Å². The van der Waals surface area contributed by atoms with Crippen molar-refractivity contribution in [2.45, 2.75) is 13.3 Å². The fourth-order valence-electron chi connectivity index (χ4n) is 2.85. The average Bonchev–Trinajstić information content (AvgIpc) is 3.10. The lowest BCUT2D eigenvalue weighted by molar-refractivity contribution is 0.0536. The zero-order valence-electron chi connectivity index (χ0n) is 16.2. The second kappa shape index (κ2) is 14.0. The highest BCUT2D eigenvalue weighted by atomic mass is 127. The van der Waals surface area contributed by atoms with Gasteiger partial charge in [-0.15, -0.1) is 24.0 Å². The van der Waals surface area contributed by atoms with Gasteiger partial charge in [0.15, 0.2) is 5.96 Å². The molecule has 6 nitrogen and oxygen atoms in total. The SMILES string of the molecule is CCNC(=NCCOc1cccc(F)c1)N1CCC(COCCOC)C1.I. The van der Waals surface area contributed by atoms with E-state index in [9.17, 15) is 4.39 Å². The molecule has 0 spiro atoms. The fraction of sp³-hybridized carbons (Fsp3) is 0.632. The van der Waals surface area contributed by atoms with Gasteiger partial charge in [0.2, 0.25) is 0 Å². The van der Waals surface area contributed by atoms with Crippen LogP contribution >= 0.6 is 24.0 Å². The van der Waals surface area contributed by atoms with Crippen LogP contribution in [-0.4, -0.2) is 70.6 Å². The minimum absolute atomic E-state index is 0. The molecule has 0 radical (unpaired) electrons. The first kappa shape index (κ1) is 23.9. The molecule has 1 aliphatic rings. The van der Waals surface area contributed by atoms with E-state index < -0.39 is 0 Å². The average molecular weight is 495 g/mol. The zero-order chi connectivity index (χ0) is 18.6. The molecule has 1 saturated heterocycles. The van der Waals surface area contributed by atoms with Gasteiger partial charge < -0.3 is 24.4 Å². The third-order valence-corrected chi connectivity index (χ3v) is 4.12. The molecule has 1 aromatic rings. The maximum absolute atomic E-state index is 13.1. The summed E-state index contributed by atoms with van der Waals surface area (Å²) in [5.74, 6) is 1.64. The number of guanidine groups is 1. The first-order chi connectivity index (χ1) is 12.7. The Morgan fingerprint density at radius 3 is 2.93 bits per heavy atom. The van der Waals surface area contributed by atoms with Gasteiger partial charge in [-0.2, -0.15) is 0 Å². The Hall–Kier alpha value is -1.13. The lowest BCUT2D eigenvalue weighted by Crippen LogP contribution is -2.40. The number of hydrogen-bond acceptors (Lipinski definition) is 4. The number of nitrogens with zero attached hydrogens (tertiary/aromatic N) is 2. The van der Waals surface area contributed by atoms with Crippen molar-refractivity contribution < 1.29 is 18.6 Å². The zero-order valence-corrected chi connectivity index (χ0v) is 18.5. The number of methoxy groups -OCH3 is 1. The van der Waals surface area contributed by atoms with E-state index in [0.29, 0.717) is 38.0 Å². The Balaban J connectivity index is 0.00000364. The Labute approximate surface area is 178 Å². The lowest BCUT2D eigenvalue weighted by Gasteiger charge is -2.21. The number of likely N-dealkylation sites (tertiary alicyclic amines) is 1. The summed E-state index contributed by atoms with van der Waals surface area (Å²) < 4.78 is 29.3. The summed E-state index contributed by atoms with van der Waals surface area (Å²) in [6, 6.07) is 6.16. The van der Waals surface area contributed by atoms with E-state index in [1.54, 1.807) is 19.2 Å². The van der Waals surface area contributed by atoms with Gasteiger partial charge in [0, 0.05) is 38.7 Å². The van der Waals surface area contributed by atoms with Crippen LogP contribution < -0.4 is 10.1 Å². The third-order valence-electron chi connectivity index (χ3n) is 4.12. The molecular weight excluding hydrogens is 464 g/mol. The lowest BCUT2D eigenvalue weighted by atomic mass is 10.1. The molecule has 1 unspecified atom stereocenters. The molecule has 1 N–H and O–H groups in total. The number of aliphatic imine (C=N–C) groups is 1. The van der Waals surface area contributed by atoms with Gasteiger partial charge in [-0.3, -0.25) is 0 Å². The van der Waals surface area contributed by atoms with Crippen LogP contribution in [0.25, 0.3) is 0 Å². The molecule has 0 aromatic heterocycles. The Bertz CT molecular complexity index is 563. The Kier molecular flexibility index (Phi) is 12.4. The first-order valence-electron chi connectivity index (χ1n) is 9.21. The first-order valence-corrected chi connectivity index (χ1v) is 9.21. The van der Waals surface area contributed by atoms with Crippen LogP contribution in [0, 0.1) is 11.7 Å². The van der Waals surface area contributed by atoms with Gasteiger partial charge in [0.25, 0.3) is 0 Å². The molecule has 1 atom stereocenters. The number of ether oxygens (including phenoxy) is 3. The summed E-state index contributed by atoms with van der Waals surface area (Å²) >= 11 is 0. The van der Waals surface area contributed by atoms with Crippen molar-refractivity contribution in [1.82, 2.24) is 10.2 Å². The van der Waals surface area contributed by atoms with E-state index in [0.717, 1.165) is 38.6 Å². The van der Waals surface area contributed by atoms with Crippen LogP contribution in [0.5, 0.6) is 5.75 Å². The molecular formula is C19H31FIN3O3. The molecule has 0 amide bonds. The number of hydrogen-bond donors (Lipinski definition) is 1. The quantitative estimate of drug-likeness (QED) is 0.234. The van der Waals surface area contributed by atoms with Crippen molar-refractivity contribution in [3.63, 3.8) is 0 Å². The summed E-state index contributed by atoms with van der Waals surface area (Å²) in [6.07, 6.45) is 1.09. The van der Waals surface area contributed by atoms with Crippen LogP contribution in [0.3, 0.4) is 0 Å². The molecule has 27 heavy (non-hydrogen) atoms. The van der Waals surface area contributed by atoms with Crippen molar-refractivity contribution in [1.29, 1.82) is 0 Å². The van der Waals surface area contributed by atoms with Gasteiger partial charge in [-0.05, 0) is 25.5 Å². The molecule has 0 bridgehead atoms. The van der Waals surface area contributed by atoms with Gasteiger partial charge in [0.05, 0.1) is 26.4 Å². The Morgan fingerprint density at radius 2 is 2.19 bits per heavy atom. The fourth-order valence-corrected chi connectivity index (χ4v) is 2.85. The topological polar surface area (TPSA) is 55.3 Å². The predicted molar refractivity (Wildman–Crippen MR) is 116 cm³/mol. The van der Waals surface area contributed by atoms with Crippen LogP contribution in [0.15, 0.2) is 29.3 Å². The minimum atomic E-state index is -0.296. The minimum Gasteiger partial charge on any atom is -0.492 e. The third kappa shape index (κ3) is 9.07. The molecule has 1 aliphatic heterocycles. The number of halogens is 2. The molecule has 8 heteroatoms. The monoisotopic (exact) mass is 495 g/mol. The molecule has 1 fully saturated rings. The molecule has 0 saturated carbocycles. The largest absolute Gasteiger partial charge is 0.492 e. The van der Waals surface area contributed by atoms with Crippen molar-refractivity contribution in [2.75, 3.05) is 59.7 Å². The van der Waals surface area contributed by atoms with Crippen molar-refractivity contribution in [3.05, 3.63) is 30.1 Å². The van der Waals surface area contributed by atoms with E-state index in [1.165, 1.54) is 12.1 Å². The highest BCUT2D eigenvalue weighted by Gasteiger charge is 2.24. The second-order valence-corrected chi connectivity index (χ2v) is 6.21. The van der Waals surface area contributed by atoms with Gasteiger partial charge in [-0.1, -0.05) is 6.07 Å². The smallest absolute Gasteiger partial charge is 0.194 e. The van der Waals surface area contributed by atoms with Gasteiger partial charge in [0.1, 0.15) is 18.2 Å². The predicted octanol–water partition coefficient (Wildman–Crippen LogP) is 2.77. The molecule has 2 rings (SSSR count). The normalized spacial score (nSPS) is 16.9. The summed E-state index contributed by atoms with van der Waals surface area (Å²) in [5.41, 5.74) is 0. The van der Waals surface area contributed by atoms with E-state index in [4.69, 9.17) is 14.2 Å². The summed E-state index contributed by atoms with van der Waals surface area (Å²) in [7, 11) is 1.68. The van der Waals surface area contributed by atoms with E-state index >= 15 is 0 Å². The maximum Gasteiger partial charge on any atom is 0.194 e. The van der Waals surface area contributed by atoms with Crippen LogP contribution in [0.4, 0.5) is 4.39 Å². The maximum atomic E-state index is 13.1. The number of rotatable bonds is 10. The summed E-state index contributed by atoms with van der Waals surface area (Å²) in [5, 5.41) is 3.33. The standard InChI is InChI=1S/C19H30FN3O3.HI/c1-3-21-19(22-8-10-26-18-6-4-5-17(20)13-18)23-9-7-16(14-23)15-25-12-11-24-2;/h4-6,13,16H,3,7-12,14-15H2,1-2H3,(H,21,22);1H.